The Kier molecular flexibility index (Phi) is 4.30. The van der Waals surface area contributed by atoms with Gasteiger partial charge in [0.1, 0.15) is 12.0 Å². The van der Waals surface area contributed by atoms with Gasteiger partial charge in [0, 0.05) is 12.8 Å². The molecule has 1 aromatic carbocycles. The van der Waals surface area contributed by atoms with Crippen molar-refractivity contribution < 1.29 is 9.18 Å². The minimum absolute atomic E-state index is 0.0562. The first-order valence-corrected chi connectivity index (χ1v) is 4.86. The van der Waals surface area contributed by atoms with E-state index in [2.05, 4.69) is 0 Å². The van der Waals surface area contributed by atoms with E-state index in [1.54, 1.807) is 0 Å². The Morgan fingerprint density at radius 1 is 1.36 bits per heavy atom. The molecule has 0 radical (unpaired) electrons. The van der Waals surface area contributed by atoms with Crippen molar-refractivity contribution >= 4 is 5.78 Å². The van der Waals surface area contributed by atoms with Crippen LogP contribution in [0.3, 0.4) is 0 Å². The lowest BCUT2D eigenvalue weighted by molar-refractivity contribution is -0.117. The first kappa shape index (κ1) is 10.9. The van der Waals surface area contributed by atoms with Crippen molar-refractivity contribution in [2.45, 2.75) is 32.4 Å². The zero-order valence-corrected chi connectivity index (χ0v) is 8.37. The number of hydrogen-bond acceptors (Lipinski definition) is 1. The Labute approximate surface area is 83.9 Å². The highest BCUT2D eigenvalue weighted by Crippen LogP contribution is 2.10. The summed E-state index contributed by atoms with van der Waals surface area (Å²) >= 11 is 0. The minimum Gasteiger partial charge on any atom is -0.300 e. The van der Waals surface area contributed by atoms with Gasteiger partial charge in [0.05, 0.1) is 0 Å². The SMILES string of the molecule is CC(=O)CCC(F)Cc1ccccc1. The van der Waals surface area contributed by atoms with Crippen LogP contribution in [0.2, 0.25) is 0 Å². The smallest absolute Gasteiger partial charge is 0.129 e. The molecule has 0 aliphatic heterocycles. The van der Waals surface area contributed by atoms with Gasteiger partial charge in [0.2, 0.25) is 0 Å². The van der Waals surface area contributed by atoms with Gasteiger partial charge in [0.15, 0.2) is 0 Å². The highest BCUT2D eigenvalue weighted by atomic mass is 19.1. The van der Waals surface area contributed by atoms with Crippen molar-refractivity contribution in [1.29, 1.82) is 0 Å². The zero-order valence-electron chi connectivity index (χ0n) is 8.37. The van der Waals surface area contributed by atoms with Crippen LogP contribution < -0.4 is 0 Å². The van der Waals surface area contributed by atoms with Crippen molar-refractivity contribution in [3.8, 4) is 0 Å². The summed E-state index contributed by atoms with van der Waals surface area (Å²) in [6.07, 6.45) is 0.188. The maximum absolute atomic E-state index is 13.3. The van der Waals surface area contributed by atoms with Crippen LogP contribution >= 0.6 is 0 Å². The minimum atomic E-state index is -0.902. The van der Waals surface area contributed by atoms with E-state index in [4.69, 9.17) is 0 Å². The number of carbonyl (C=O) groups excluding carboxylic acids is 1. The molecule has 1 rings (SSSR count). The van der Waals surface area contributed by atoms with Crippen LogP contribution in [0.1, 0.15) is 25.3 Å². The summed E-state index contributed by atoms with van der Waals surface area (Å²) in [7, 11) is 0. The molecule has 0 N–H and O–H groups in total. The lowest BCUT2D eigenvalue weighted by atomic mass is 10.0. The molecule has 0 saturated heterocycles. The lowest BCUT2D eigenvalue weighted by Gasteiger charge is -2.06. The van der Waals surface area contributed by atoms with Crippen LogP contribution in [0.25, 0.3) is 0 Å². The molecular weight excluding hydrogens is 179 g/mol. The van der Waals surface area contributed by atoms with E-state index in [1.807, 2.05) is 30.3 Å². The summed E-state index contributed by atoms with van der Waals surface area (Å²) < 4.78 is 13.3. The number of halogens is 1. The Morgan fingerprint density at radius 3 is 2.57 bits per heavy atom. The third-order valence-electron chi connectivity index (χ3n) is 2.11. The predicted octanol–water partition coefficient (Wildman–Crippen LogP) is 2.94. The molecule has 0 saturated carbocycles. The van der Waals surface area contributed by atoms with E-state index in [0.29, 0.717) is 19.3 Å². The molecule has 1 unspecified atom stereocenters. The van der Waals surface area contributed by atoms with Gasteiger partial charge in [-0.25, -0.2) is 4.39 Å². The quantitative estimate of drug-likeness (QED) is 0.704. The number of hydrogen-bond donors (Lipinski definition) is 0. The average molecular weight is 194 g/mol. The van der Waals surface area contributed by atoms with Crippen LogP contribution in [-0.4, -0.2) is 12.0 Å². The first-order valence-electron chi connectivity index (χ1n) is 4.86. The molecule has 1 aromatic rings. The summed E-state index contributed by atoms with van der Waals surface area (Å²) in [5.41, 5.74) is 0.989. The maximum atomic E-state index is 13.3. The molecule has 0 heterocycles. The number of Topliss-reactive ketones (excluding diaryl/α,β-unsaturated/α-hetero) is 1. The summed E-state index contributed by atoms with van der Waals surface area (Å²) in [5.74, 6) is 0.0562. The fourth-order valence-electron chi connectivity index (χ4n) is 1.33. The highest BCUT2D eigenvalue weighted by molar-refractivity contribution is 5.75. The Bertz CT molecular complexity index is 282. The molecule has 0 aliphatic rings. The van der Waals surface area contributed by atoms with Gasteiger partial charge in [-0.2, -0.15) is 0 Å². The summed E-state index contributed by atoms with van der Waals surface area (Å²) in [4.78, 5) is 10.6. The van der Waals surface area contributed by atoms with E-state index in [9.17, 15) is 9.18 Å². The molecule has 0 amide bonds. The van der Waals surface area contributed by atoms with Gasteiger partial charge in [-0.1, -0.05) is 30.3 Å². The number of rotatable bonds is 5. The Hall–Kier alpha value is -1.18. The second-order valence-corrected chi connectivity index (χ2v) is 3.53. The molecule has 1 nitrogen and oxygen atoms in total. The molecular formula is C12H15FO. The zero-order chi connectivity index (χ0) is 10.4. The van der Waals surface area contributed by atoms with Gasteiger partial charge in [0.25, 0.3) is 0 Å². The second kappa shape index (κ2) is 5.53. The predicted molar refractivity (Wildman–Crippen MR) is 55.0 cm³/mol. The van der Waals surface area contributed by atoms with Crippen LogP contribution in [0.4, 0.5) is 4.39 Å². The molecule has 0 bridgehead atoms. The molecule has 0 aliphatic carbocycles. The fraction of sp³-hybridized carbons (Fsp3) is 0.417. The van der Waals surface area contributed by atoms with Gasteiger partial charge in [-0.15, -0.1) is 0 Å². The standard InChI is InChI=1S/C12H15FO/c1-10(14)7-8-12(13)9-11-5-3-2-4-6-11/h2-6,12H,7-9H2,1H3. The second-order valence-electron chi connectivity index (χ2n) is 3.53. The molecule has 14 heavy (non-hydrogen) atoms. The van der Waals surface area contributed by atoms with Gasteiger partial charge >= 0.3 is 0 Å². The molecule has 0 aromatic heterocycles. The normalized spacial score (nSPS) is 12.4. The van der Waals surface area contributed by atoms with Crippen LogP contribution in [0.15, 0.2) is 30.3 Å². The van der Waals surface area contributed by atoms with E-state index in [1.165, 1.54) is 6.92 Å². The summed E-state index contributed by atoms with van der Waals surface area (Å²) in [6, 6.07) is 9.51. The lowest BCUT2D eigenvalue weighted by Crippen LogP contribution is -2.06. The van der Waals surface area contributed by atoms with Crippen LogP contribution in [0.5, 0.6) is 0 Å². The Morgan fingerprint density at radius 2 is 2.00 bits per heavy atom. The fourth-order valence-corrected chi connectivity index (χ4v) is 1.33. The third kappa shape index (κ3) is 4.17. The summed E-state index contributed by atoms with van der Waals surface area (Å²) in [6.45, 7) is 1.50. The van der Waals surface area contributed by atoms with Gasteiger partial charge < -0.3 is 4.79 Å². The van der Waals surface area contributed by atoms with Crippen molar-refractivity contribution in [2.75, 3.05) is 0 Å². The van der Waals surface area contributed by atoms with E-state index in [0.717, 1.165) is 5.56 Å². The molecule has 0 fully saturated rings. The van der Waals surface area contributed by atoms with Crippen LogP contribution in [-0.2, 0) is 11.2 Å². The number of alkyl halides is 1. The number of ketones is 1. The van der Waals surface area contributed by atoms with Crippen molar-refractivity contribution in [3.63, 3.8) is 0 Å². The maximum Gasteiger partial charge on any atom is 0.129 e. The average Bonchev–Trinajstić information content (AvgIpc) is 2.16. The molecule has 0 spiro atoms. The van der Waals surface area contributed by atoms with Gasteiger partial charge in [-0.3, -0.25) is 0 Å². The summed E-state index contributed by atoms with van der Waals surface area (Å²) in [5, 5.41) is 0. The van der Waals surface area contributed by atoms with E-state index >= 15 is 0 Å². The highest BCUT2D eigenvalue weighted by Gasteiger charge is 2.08. The van der Waals surface area contributed by atoms with Crippen molar-refractivity contribution in [3.05, 3.63) is 35.9 Å². The van der Waals surface area contributed by atoms with Crippen LogP contribution in [0, 0.1) is 0 Å². The largest absolute Gasteiger partial charge is 0.300 e. The Balaban J connectivity index is 2.34. The van der Waals surface area contributed by atoms with Crippen molar-refractivity contribution in [2.24, 2.45) is 0 Å². The number of benzene rings is 1. The van der Waals surface area contributed by atoms with E-state index in [-0.39, 0.29) is 5.78 Å². The number of carbonyl (C=O) groups is 1. The molecule has 76 valence electrons. The monoisotopic (exact) mass is 194 g/mol. The third-order valence-corrected chi connectivity index (χ3v) is 2.11. The first-order chi connectivity index (χ1) is 6.68. The molecule has 2 heteroatoms. The molecule has 1 atom stereocenters. The van der Waals surface area contributed by atoms with Crippen molar-refractivity contribution in [1.82, 2.24) is 0 Å². The van der Waals surface area contributed by atoms with Gasteiger partial charge in [-0.05, 0) is 18.9 Å². The topological polar surface area (TPSA) is 17.1 Å². The van der Waals surface area contributed by atoms with E-state index < -0.39 is 6.17 Å².